The van der Waals surface area contributed by atoms with Gasteiger partial charge in [0.05, 0.1) is 12.4 Å². The van der Waals surface area contributed by atoms with Gasteiger partial charge in [-0.15, -0.1) is 0 Å². The van der Waals surface area contributed by atoms with E-state index in [4.69, 9.17) is 11.6 Å². The summed E-state index contributed by atoms with van der Waals surface area (Å²) >= 11 is 6.21. The number of nitrogens with zero attached hydrogens (tertiary/aromatic N) is 3. The highest BCUT2D eigenvalue weighted by atomic mass is 35.5. The molecule has 1 aliphatic rings. The van der Waals surface area contributed by atoms with Gasteiger partial charge in [-0.2, -0.15) is 15.0 Å². The molecule has 3 rings (SSSR count). The second kappa shape index (κ2) is 5.13. The first kappa shape index (κ1) is 12.4. The number of ketones is 1. The lowest BCUT2D eigenvalue weighted by atomic mass is 9.80. The highest BCUT2D eigenvalue weighted by molar-refractivity contribution is 6.31. The molecule has 5 heteroatoms. The standard InChI is InChI=1S/C14H14ClN3O/c15-12-6-2-1-4-10(12)11-5-3-7-13(14(11)19)18-16-8-9-17-18/h1-2,4,6,8-9,11,13H,3,5,7H2/t11-,13-/m0/s1. The van der Waals surface area contributed by atoms with Crippen LogP contribution in [0.25, 0.3) is 0 Å². The monoisotopic (exact) mass is 275 g/mol. The number of hydrogen-bond donors (Lipinski definition) is 0. The first-order chi connectivity index (χ1) is 9.27. The maximum absolute atomic E-state index is 12.6. The summed E-state index contributed by atoms with van der Waals surface area (Å²) in [6.07, 6.45) is 5.83. The SMILES string of the molecule is O=C1[C@H](c2ccccc2Cl)CCC[C@@H]1n1nccn1. The zero-order valence-corrected chi connectivity index (χ0v) is 11.1. The van der Waals surface area contributed by atoms with Gasteiger partial charge in [0.1, 0.15) is 6.04 Å². The Balaban J connectivity index is 1.92. The third-order valence-electron chi connectivity index (χ3n) is 3.64. The molecule has 4 nitrogen and oxygen atoms in total. The van der Waals surface area contributed by atoms with Crippen molar-refractivity contribution in [2.75, 3.05) is 0 Å². The Labute approximate surface area is 116 Å². The molecule has 0 unspecified atom stereocenters. The van der Waals surface area contributed by atoms with Crippen molar-refractivity contribution in [2.24, 2.45) is 0 Å². The van der Waals surface area contributed by atoms with Crippen molar-refractivity contribution in [2.45, 2.75) is 31.2 Å². The fourth-order valence-corrected chi connectivity index (χ4v) is 2.98. The van der Waals surface area contributed by atoms with Crippen LogP contribution < -0.4 is 0 Å². The molecule has 19 heavy (non-hydrogen) atoms. The minimum atomic E-state index is -0.259. The predicted octanol–water partition coefficient (Wildman–Crippen LogP) is 3.01. The van der Waals surface area contributed by atoms with E-state index < -0.39 is 0 Å². The molecule has 0 aliphatic heterocycles. The summed E-state index contributed by atoms with van der Waals surface area (Å²) in [6.45, 7) is 0. The maximum atomic E-state index is 12.6. The number of Topliss-reactive ketones (excluding diaryl/α,β-unsaturated/α-hetero) is 1. The molecule has 1 fully saturated rings. The summed E-state index contributed by atoms with van der Waals surface area (Å²) in [5.74, 6) is 0.0222. The van der Waals surface area contributed by atoms with Crippen LogP contribution >= 0.6 is 11.6 Å². The Morgan fingerprint density at radius 2 is 1.89 bits per heavy atom. The van der Waals surface area contributed by atoms with Crippen molar-refractivity contribution < 1.29 is 4.79 Å². The molecule has 2 atom stereocenters. The second-order valence-electron chi connectivity index (χ2n) is 4.77. The van der Waals surface area contributed by atoms with Gasteiger partial charge in [0.15, 0.2) is 5.78 Å². The molecular formula is C14H14ClN3O. The number of benzene rings is 1. The fraction of sp³-hybridized carbons (Fsp3) is 0.357. The molecule has 0 N–H and O–H groups in total. The third kappa shape index (κ3) is 2.28. The van der Waals surface area contributed by atoms with E-state index in [0.717, 1.165) is 24.8 Å². The molecule has 1 aliphatic carbocycles. The number of hydrogen-bond acceptors (Lipinski definition) is 3. The van der Waals surface area contributed by atoms with Gasteiger partial charge < -0.3 is 0 Å². The largest absolute Gasteiger partial charge is 0.297 e. The molecule has 1 heterocycles. The van der Waals surface area contributed by atoms with E-state index in [9.17, 15) is 4.79 Å². The van der Waals surface area contributed by atoms with E-state index in [1.807, 2.05) is 24.3 Å². The highest BCUT2D eigenvalue weighted by Gasteiger charge is 2.35. The summed E-state index contributed by atoms with van der Waals surface area (Å²) in [4.78, 5) is 14.1. The van der Waals surface area contributed by atoms with Gasteiger partial charge in [-0.05, 0) is 30.9 Å². The molecular weight excluding hydrogens is 262 g/mol. The van der Waals surface area contributed by atoms with E-state index in [1.54, 1.807) is 12.4 Å². The zero-order chi connectivity index (χ0) is 13.2. The fourth-order valence-electron chi connectivity index (χ4n) is 2.71. The zero-order valence-electron chi connectivity index (χ0n) is 10.4. The Morgan fingerprint density at radius 3 is 2.63 bits per heavy atom. The molecule has 0 spiro atoms. The van der Waals surface area contributed by atoms with Crippen molar-refractivity contribution >= 4 is 17.4 Å². The first-order valence-electron chi connectivity index (χ1n) is 6.41. The van der Waals surface area contributed by atoms with Gasteiger partial charge in [0.25, 0.3) is 0 Å². The minimum absolute atomic E-state index is 0.140. The van der Waals surface area contributed by atoms with Gasteiger partial charge in [0, 0.05) is 10.9 Å². The van der Waals surface area contributed by atoms with Gasteiger partial charge in [-0.25, -0.2) is 0 Å². The van der Waals surface area contributed by atoms with Crippen molar-refractivity contribution in [1.29, 1.82) is 0 Å². The number of rotatable bonds is 2. The van der Waals surface area contributed by atoms with E-state index in [-0.39, 0.29) is 17.7 Å². The van der Waals surface area contributed by atoms with Crippen LogP contribution in [-0.2, 0) is 4.79 Å². The van der Waals surface area contributed by atoms with Crippen molar-refractivity contribution in [3.05, 3.63) is 47.2 Å². The number of carbonyl (C=O) groups is 1. The Bertz CT molecular complexity index is 582. The average Bonchev–Trinajstić information content (AvgIpc) is 2.94. The predicted molar refractivity (Wildman–Crippen MR) is 72.1 cm³/mol. The van der Waals surface area contributed by atoms with Gasteiger partial charge in [-0.3, -0.25) is 4.79 Å². The summed E-state index contributed by atoms with van der Waals surface area (Å²) in [5.41, 5.74) is 0.922. The molecule has 0 radical (unpaired) electrons. The summed E-state index contributed by atoms with van der Waals surface area (Å²) in [6, 6.07) is 7.31. The van der Waals surface area contributed by atoms with Crippen LogP contribution in [0.15, 0.2) is 36.7 Å². The van der Waals surface area contributed by atoms with Crippen LogP contribution in [0.3, 0.4) is 0 Å². The van der Waals surface area contributed by atoms with Crippen LogP contribution in [0.5, 0.6) is 0 Å². The maximum Gasteiger partial charge on any atom is 0.166 e. The van der Waals surface area contributed by atoms with E-state index in [0.29, 0.717) is 5.02 Å². The van der Waals surface area contributed by atoms with Gasteiger partial charge >= 0.3 is 0 Å². The molecule has 2 aromatic rings. The van der Waals surface area contributed by atoms with E-state index in [1.165, 1.54) is 4.80 Å². The lowest BCUT2D eigenvalue weighted by Crippen LogP contribution is -2.30. The Hall–Kier alpha value is -1.68. The smallest absolute Gasteiger partial charge is 0.166 e. The summed E-state index contributed by atoms with van der Waals surface area (Å²) < 4.78 is 0. The lowest BCUT2D eigenvalue weighted by Gasteiger charge is -2.27. The van der Waals surface area contributed by atoms with Crippen LogP contribution in [0.2, 0.25) is 5.02 Å². The van der Waals surface area contributed by atoms with E-state index >= 15 is 0 Å². The third-order valence-corrected chi connectivity index (χ3v) is 3.98. The topological polar surface area (TPSA) is 47.8 Å². The molecule has 0 bridgehead atoms. The van der Waals surface area contributed by atoms with Crippen LogP contribution in [0, 0.1) is 0 Å². The second-order valence-corrected chi connectivity index (χ2v) is 5.18. The van der Waals surface area contributed by atoms with Gasteiger partial charge in [-0.1, -0.05) is 29.8 Å². The molecule has 1 aromatic carbocycles. The average molecular weight is 276 g/mol. The van der Waals surface area contributed by atoms with Crippen molar-refractivity contribution in [3.63, 3.8) is 0 Å². The first-order valence-corrected chi connectivity index (χ1v) is 6.79. The van der Waals surface area contributed by atoms with Crippen LogP contribution in [0.4, 0.5) is 0 Å². The van der Waals surface area contributed by atoms with Crippen LogP contribution in [-0.4, -0.2) is 20.8 Å². The highest BCUT2D eigenvalue weighted by Crippen LogP contribution is 2.37. The summed E-state index contributed by atoms with van der Waals surface area (Å²) in [5, 5.41) is 8.85. The number of halogens is 1. The lowest BCUT2D eigenvalue weighted by molar-refractivity contribution is -0.126. The molecule has 0 saturated heterocycles. The van der Waals surface area contributed by atoms with Crippen molar-refractivity contribution in [1.82, 2.24) is 15.0 Å². The molecule has 0 amide bonds. The normalized spacial score (nSPS) is 23.5. The number of aromatic nitrogens is 3. The molecule has 98 valence electrons. The Kier molecular flexibility index (Phi) is 3.34. The van der Waals surface area contributed by atoms with Gasteiger partial charge in [0.2, 0.25) is 0 Å². The molecule has 1 aromatic heterocycles. The summed E-state index contributed by atoms with van der Waals surface area (Å²) in [7, 11) is 0. The quantitative estimate of drug-likeness (QED) is 0.846. The minimum Gasteiger partial charge on any atom is -0.297 e. The van der Waals surface area contributed by atoms with E-state index in [2.05, 4.69) is 10.2 Å². The number of carbonyl (C=O) groups excluding carboxylic acids is 1. The van der Waals surface area contributed by atoms with Crippen molar-refractivity contribution in [3.8, 4) is 0 Å². The Morgan fingerprint density at radius 1 is 1.16 bits per heavy atom. The van der Waals surface area contributed by atoms with Crippen LogP contribution in [0.1, 0.15) is 36.8 Å². The molecule has 1 saturated carbocycles.